The highest BCUT2D eigenvalue weighted by Crippen LogP contribution is 2.20. The zero-order valence-electron chi connectivity index (χ0n) is 13.5. The molecule has 1 heterocycles. The molecule has 4 nitrogen and oxygen atoms in total. The number of hydrogen-bond acceptors (Lipinski definition) is 3. The van der Waals surface area contributed by atoms with E-state index in [2.05, 4.69) is 14.0 Å². The van der Waals surface area contributed by atoms with Gasteiger partial charge in [-0.3, -0.25) is 0 Å². The number of halogens is 3. The fourth-order valence-electron chi connectivity index (χ4n) is 2.60. The van der Waals surface area contributed by atoms with Crippen LogP contribution in [0.2, 0.25) is 0 Å². The molecule has 0 bridgehead atoms. The standard InChI is InChI=1S/C13H28N.CHF3O3S/c1-3-4-5-6-8-11-14(2)12-9-7-10-13-14;2-1(3,4)8(5,6)7/h3-13H2,1-2H3;(H,5,6,7)/q+1;/p-1. The predicted octanol–water partition coefficient (Wildman–Crippen LogP) is 3.64. The van der Waals surface area contributed by atoms with Gasteiger partial charge in [-0.25, -0.2) is 8.42 Å². The average Bonchev–Trinajstić information content (AvgIpc) is 2.37. The molecule has 22 heavy (non-hydrogen) atoms. The molecular formula is C14H28F3NO3S. The zero-order valence-corrected chi connectivity index (χ0v) is 14.3. The van der Waals surface area contributed by atoms with Gasteiger partial charge in [0.05, 0.1) is 26.7 Å². The molecule has 0 unspecified atom stereocenters. The van der Waals surface area contributed by atoms with Crippen LogP contribution in [0.15, 0.2) is 0 Å². The van der Waals surface area contributed by atoms with Gasteiger partial charge in [-0.15, -0.1) is 0 Å². The Morgan fingerprint density at radius 1 is 1.00 bits per heavy atom. The quantitative estimate of drug-likeness (QED) is 0.319. The maximum atomic E-state index is 10.7. The van der Waals surface area contributed by atoms with Gasteiger partial charge in [0.15, 0.2) is 10.1 Å². The lowest BCUT2D eigenvalue weighted by atomic mass is 10.1. The smallest absolute Gasteiger partial charge is 0.485 e. The average molecular weight is 347 g/mol. The first-order valence-electron chi connectivity index (χ1n) is 7.87. The number of piperidine rings is 1. The Morgan fingerprint density at radius 2 is 1.45 bits per heavy atom. The summed E-state index contributed by atoms with van der Waals surface area (Å²) in [5.41, 5.74) is -5.65. The normalized spacial score (nSPS) is 18.5. The fourth-order valence-corrected chi connectivity index (χ4v) is 2.60. The summed E-state index contributed by atoms with van der Waals surface area (Å²) in [6.45, 7) is 6.60. The molecule has 0 N–H and O–H groups in total. The van der Waals surface area contributed by atoms with Crippen molar-refractivity contribution < 1.29 is 30.6 Å². The first-order valence-corrected chi connectivity index (χ1v) is 9.28. The molecule has 0 radical (unpaired) electrons. The Kier molecular flexibility index (Phi) is 9.57. The Hall–Kier alpha value is -0.340. The minimum absolute atomic E-state index is 1.37. The molecule has 1 aliphatic heterocycles. The van der Waals surface area contributed by atoms with Crippen LogP contribution in [0.5, 0.6) is 0 Å². The van der Waals surface area contributed by atoms with Crippen molar-refractivity contribution in [2.75, 3.05) is 26.7 Å². The van der Waals surface area contributed by atoms with Crippen LogP contribution in [-0.4, -0.2) is 49.6 Å². The van der Waals surface area contributed by atoms with Gasteiger partial charge >= 0.3 is 5.51 Å². The van der Waals surface area contributed by atoms with Crippen LogP contribution >= 0.6 is 0 Å². The monoisotopic (exact) mass is 347 g/mol. The molecule has 1 aliphatic rings. The lowest BCUT2D eigenvalue weighted by molar-refractivity contribution is -0.914. The van der Waals surface area contributed by atoms with E-state index in [-0.39, 0.29) is 0 Å². The van der Waals surface area contributed by atoms with Crippen molar-refractivity contribution in [3.05, 3.63) is 0 Å². The first-order chi connectivity index (χ1) is 10.0. The highest BCUT2D eigenvalue weighted by atomic mass is 32.2. The van der Waals surface area contributed by atoms with E-state index in [0.29, 0.717) is 0 Å². The zero-order chi connectivity index (χ0) is 17.3. The van der Waals surface area contributed by atoms with Crippen LogP contribution in [0.4, 0.5) is 13.2 Å². The third kappa shape index (κ3) is 9.63. The molecule has 1 rings (SSSR count). The number of quaternary nitrogens is 1. The second-order valence-electron chi connectivity index (χ2n) is 6.17. The van der Waals surface area contributed by atoms with Crippen LogP contribution in [0, 0.1) is 0 Å². The summed E-state index contributed by atoms with van der Waals surface area (Å²) < 4.78 is 60.3. The second kappa shape index (κ2) is 9.72. The number of hydrogen-bond donors (Lipinski definition) is 0. The van der Waals surface area contributed by atoms with E-state index in [9.17, 15) is 13.2 Å². The Labute approximate surface area is 132 Å². The number of likely N-dealkylation sites (tertiary alicyclic amines) is 1. The lowest BCUT2D eigenvalue weighted by Gasteiger charge is -2.37. The molecule has 1 saturated heterocycles. The highest BCUT2D eigenvalue weighted by Gasteiger charge is 2.36. The summed E-state index contributed by atoms with van der Waals surface area (Å²) in [5.74, 6) is 0. The van der Waals surface area contributed by atoms with E-state index in [1.165, 1.54) is 75.5 Å². The Bertz CT molecular complexity index is 391. The van der Waals surface area contributed by atoms with Crippen molar-refractivity contribution in [3.63, 3.8) is 0 Å². The summed E-state index contributed by atoms with van der Waals surface area (Å²) >= 11 is 0. The van der Waals surface area contributed by atoms with Crippen molar-refractivity contribution >= 4 is 10.1 Å². The molecule has 0 aromatic rings. The summed E-state index contributed by atoms with van der Waals surface area (Å²) in [6.07, 6.45) is 11.6. The van der Waals surface area contributed by atoms with Crippen molar-refractivity contribution in [1.82, 2.24) is 0 Å². The van der Waals surface area contributed by atoms with Gasteiger partial charge in [0.1, 0.15) is 0 Å². The predicted molar refractivity (Wildman–Crippen MR) is 79.1 cm³/mol. The van der Waals surface area contributed by atoms with Crippen LogP contribution in [0.1, 0.15) is 58.3 Å². The van der Waals surface area contributed by atoms with Gasteiger partial charge in [-0.2, -0.15) is 13.2 Å². The van der Waals surface area contributed by atoms with Gasteiger partial charge < -0.3 is 9.04 Å². The summed E-state index contributed by atoms with van der Waals surface area (Å²) in [4.78, 5) is 0. The molecular weight excluding hydrogens is 319 g/mol. The summed E-state index contributed by atoms with van der Waals surface area (Å²) in [6, 6.07) is 0. The maximum absolute atomic E-state index is 10.7. The van der Waals surface area contributed by atoms with E-state index in [1.807, 2.05) is 0 Å². The number of nitrogens with zero attached hydrogens (tertiary/aromatic N) is 1. The third-order valence-electron chi connectivity index (χ3n) is 3.98. The van der Waals surface area contributed by atoms with Crippen LogP contribution < -0.4 is 0 Å². The molecule has 0 saturated carbocycles. The third-order valence-corrected chi connectivity index (χ3v) is 4.55. The fraction of sp³-hybridized carbons (Fsp3) is 1.00. The number of unbranched alkanes of at least 4 members (excludes halogenated alkanes) is 4. The van der Waals surface area contributed by atoms with Gasteiger partial charge in [-0.1, -0.05) is 26.2 Å². The largest absolute Gasteiger partial charge is 0.741 e. The lowest BCUT2D eigenvalue weighted by Crippen LogP contribution is -2.48. The minimum Gasteiger partial charge on any atom is -0.741 e. The molecule has 0 aromatic heterocycles. The van der Waals surface area contributed by atoms with Gasteiger partial charge in [-0.05, 0) is 32.1 Å². The summed E-state index contributed by atoms with van der Waals surface area (Å²) in [5, 5.41) is 0. The van der Waals surface area contributed by atoms with Crippen molar-refractivity contribution in [2.45, 2.75) is 63.8 Å². The molecule has 0 aliphatic carbocycles. The molecule has 134 valence electrons. The van der Waals surface area contributed by atoms with E-state index >= 15 is 0 Å². The Balaban J connectivity index is 0.000000472. The van der Waals surface area contributed by atoms with Gasteiger partial charge in [0.25, 0.3) is 0 Å². The maximum Gasteiger partial charge on any atom is 0.485 e. The molecule has 0 spiro atoms. The minimum atomic E-state index is -6.09. The molecule has 0 atom stereocenters. The topological polar surface area (TPSA) is 57.2 Å². The van der Waals surface area contributed by atoms with E-state index < -0.39 is 15.6 Å². The van der Waals surface area contributed by atoms with E-state index in [4.69, 9.17) is 13.0 Å². The second-order valence-corrected chi connectivity index (χ2v) is 7.54. The molecule has 1 fully saturated rings. The highest BCUT2D eigenvalue weighted by molar-refractivity contribution is 7.86. The Morgan fingerprint density at radius 3 is 1.86 bits per heavy atom. The van der Waals surface area contributed by atoms with E-state index in [0.717, 1.165) is 0 Å². The van der Waals surface area contributed by atoms with Gasteiger partial charge in [0, 0.05) is 0 Å². The first kappa shape index (κ1) is 21.7. The van der Waals surface area contributed by atoms with Crippen LogP contribution in [0.25, 0.3) is 0 Å². The van der Waals surface area contributed by atoms with Crippen molar-refractivity contribution in [1.29, 1.82) is 0 Å². The number of rotatable bonds is 6. The molecule has 0 aromatic carbocycles. The van der Waals surface area contributed by atoms with E-state index in [1.54, 1.807) is 0 Å². The number of alkyl halides is 3. The molecule has 0 amide bonds. The SMILES string of the molecule is CCCCCCC[N+]1(C)CCCCC1.O=S(=O)([O-])C(F)(F)F. The van der Waals surface area contributed by atoms with Crippen LogP contribution in [0.3, 0.4) is 0 Å². The molecule has 8 heteroatoms. The van der Waals surface area contributed by atoms with Crippen LogP contribution in [-0.2, 0) is 10.1 Å². The van der Waals surface area contributed by atoms with Gasteiger partial charge in [0.2, 0.25) is 0 Å². The van der Waals surface area contributed by atoms with Crippen molar-refractivity contribution in [2.24, 2.45) is 0 Å². The van der Waals surface area contributed by atoms with Crippen molar-refractivity contribution in [3.8, 4) is 0 Å². The summed E-state index contributed by atoms with van der Waals surface area (Å²) in [7, 11) is -3.63.